The first kappa shape index (κ1) is 27.6. The highest BCUT2D eigenvalue weighted by Gasteiger charge is 2.33. The first-order chi connectivity index (χ1) is 18.1. The first-order valence-corrected chi connectivity index (χ1v) is 14.5. The maximum absolute atomic E-state index is 13.9. The summed E-state index contributed by atoms with van der Waals surface area (Å²) in [7, 11) is -3.89. The Morgan fingerprint density at radius 1 is 0.921 bits per heavy atom. The Hall–Kier alpha value is -3.42. The number of carbonyl (C=O) groups is 1. The lowest BCUT2D eigenvalue weighted by Crippen LogP contribution is -2.46. The van der Waals surface area contributed by atoms with Crippen molar-refractivity contribution in [3.05, 3.63) is 101 Å². The number of carbonyl (C=O) groups excluding carboxylic acids is 1. The van der Waals surface area contributed by atoms with Crippen molar-refractivity contribution in [2.45, 2.75) is 58.5 Å². The molecule has 0 radical (unpaired) electrons. The maximum atomic E-state index is 13.9. The van der Waals surface area contributed by atoms with Crippen molar-refractivity contribution in [1.29, 1.82) is 0 Å². The number of nitrogens with one attached hydrogen (secondary N) is 1. The van der Waals surface area contributed by atoms with E-state index in [4.69, 9.17) is 0 Å². The van der Waals surface area contributed by atoms with E-state index in [0.717, 1.165) is 27.6 Å². The molecule has 0 bridgehead atoms. The molecule has 0 aliphatic carbocycles. The largest absolute Gasteiger partial charge is 0.361 e. The van der Waals surface area contributed by atoms with Crippen LogP contribution in [0.5, 0.6) is 0 Å². The van der Waals surface area contributed by atoms with E-state index in [1.54, 1.807) is 4.90 Å². The Morgan fingerprint density at radius 3 is 2.21 bits per heavy atom. The number of rotatable bonds is 10. The molecule has 1 amide bonds. The Balaban J connectivity index is 1.61. The zero-order valence-electron chi connectivity index (χ0n) is 22.9. The molecule has 3 aromatic carbocycles. The van der Waals surface area contributed by atoms with Gasteiger partial charge in [0.25, 0.3) is 0 Å². The van der Waals surface area contributed by atoms with Crippen molar-refractivity contribution >= 4 is 26.8 Å². The molecule has 0 aliphatic rings. The number of fused-ring (bicyclic) bond motifs is 1. The van der Waals surface area contributed by atoms with Gasteiger partial charge in [-0.1, -0.05) is 66.2 Å². The van der Waals surface area contributed by atoms with E-state index in [-0.39, 0.29) is 23.4 Å². The SMILES string of the molecule is Cc1cc(C)c(S(=O)(=O)N(CC(=O)N(CCc2c[nH]c3ccccc23)Cc2ccccc2)C(C)C)c(C)c1. The molecule has 4 rings (SSSR count). The highest BCUT2D eigenvalue weighted by molar-refractivity contribution is 7.89. The molecule has 0 saturated carbocycles. The number of amides is 1. The van der Waals surface area contributed by atoms with Crippen LogP contribution in [0.4, 0.5) is 0 Å². The quantitative estimate of drug-likeness (QED) is 0.283. The Kier molecular flexibility index (Phi) is 8.38. The molecule has 1 heterocycles. The molecule has 1 N–H and O–H groups in total. The van der Waals surface area contributed by atoms with Crippen LogP contribution in [0.3, 0.4) is 0 Å². The molecular formula is C31H37N3O3S. The fourth-order valence-electron chi connectivity index (χ4n) is 5.16. The minimum absolute atomic E-state index is 0.214. The number of benzene rings is 3. The molecule has 38 heavy (non-hydrogen) atoms. The van der Waals surface area contributed by atoms with Crippen LogP contribution in [-0.2, 0) is 27.8 Å². The second kappa shape index (κ2) is 11.5. The van der Waals surface area contributed by atoms with Gasteiger partial charge in [0.15, 0.2) is 0 Å². The summed E-state index contributed by atoms with van der Waals surface area (Å²) in [4.78, 5) is 19.2. The van der Waals surface area contributed by atoms with Crippen molar-refractivity contribution in [2.75, 3.05) is 13.1 Å². The van der Waals surface area contributed by atoms with E-state index < -0.39 is 10.0 Å². The highest BCUT2D eigenvalue weighted by Crippen LogP contribution is 2.27. The van der Waals surface area contributed by atoms with E-state index in [0.29, 0.717) is 30.6 Å². The van der Waals surface area contributed by atoms with Crippen LogP contribution < -0.4 is 0 Å². The Labute approximate surface area is 226 Å². The lowest BCUT2D eigenvalue weighted by Gasteiger charge is -2.30. The van der Waals surface area contributed by atoms with Gasteiger partial charge in [0, 0.05) is 36.2 Å². The molecule has 4 aromatic rings. The number of aryl methyl sites for hydroxylation is 3. The molecule has 7 heteroatoms. The van der Waals surface area contributed by atoms with Gasteiger partial charge < -0.3 is 9.88 Å². The summed E-state index contributed by atoms with van der Waals surface area (Å²) in [5, 5.41) is 1.14. The molecule has 0 spiro atoms. The third-order valence-corrected chi connectivity index (χ3v) is 9.26. The van der Waals surface area contributed by atoms with Gasteiger partial charge in [-0.3, -0.25) is 4.79 Å². The highest BCUT2D eigenvalue weighted by atomic mass is 32.2. The maximum Gasteiger partial charge on any atom is 0.244 e. The van der Waals surface area contributed by atoms with Crippen LogP contribution in [0, 0.1) is 20.8 Å². The summed E-state index contributed by atoms with van der Waals surface area (Å²) >= 11 is 0. The number of H-pyrrole nitrogens is 1. The number of para-hydroxylation sites is 1. The summed E-state index contributed by atoms with van der Waals surface area (Å²) in [6.45, 7) is 9.89. The minimum atomic E-state index is -3.89. The van der Waals surface area contributed by atoms with Crippen LogP contribution in [0.25, 0.3) is 10.9 Å². The van der Waals surface area contributed by atoms with Crippen molar-refractivity contribution in [3.63, 3.8) is 0 Å². The van der Waals surface area contributed by atoms with E-state index in [2.05, 4.69) is 11.1 Å². The van der Waals surface area contributed by atoms with Crippen molar-refractivity contribution in [3.8, 4) is 0 Å². The lowest BCUT2D eigenvalue weighted by molar-refractivity contribution is -0.132. The second-order valence-corrected chi connectivity index (χ2v) is 12.1. The molecule has 0 aliphatic heterocycles. The molecule has 6 nitrogen and oxygen atoms in total. The standard InChI is InChI=1S/C31H37N3O3S/c1-22(2)34(38(36,37)31-24(4)17-23(3)18-25(31)5)21-30(35)33(20-26-11-7-6-8-12-26)16-15-27-19-32-29-14-10-9-13-28(27)29/h6-14,17-19,22,32H,15-16,20-21H2,1-5H3. The fourth-order valence-corrected chi connectivity index (χ4v) is 7.16. The molecule has 0 fully saturated rings. The van der Waals surface area contributed by atoms with Gasteiger partial charge in [-0.05, 0) is 69.4 Å². The van der Waals surface area contributed by atoms with Gasteiger partial charge >= 0.3 is 0 Å². The Bertz CT molecular complexity index is 1500. The monoisotopic (exact) mass is 531 g/mol. The molecule has 0 atom stereocenters. The van der Waals surface area contributed by atoms with Gasteiger partial charge in [0.2, 0.25) is 15.9 Å². The van der Waals surface area contributed by atoms with E-state index >= 15 is 0 Å². The third-order valence-electron chi connectivity index (χ3n) is 6.93. The first-order valence-electron chi connectivity index (χ1n) is 13.0. The average Bonchev–Trinajstić information content (AvgIpc) is 3.27. The average molecular weight is 532 g/mol. The number of nitrogens with zero attached hydrogens (tertiary/aromatic N) is 2. The van der Waals surface area contributed by atoms with Gasteiger partial charge in [-0.25, -0.2) is 8.42 Å². The van der Waals surface area contributed by atoms with E-state index in [1.165, 1.54) is 4.31 Å². The normalized spacial score (nSPS) is 12.0. The van der Waals surface area contributed by atoms with Crippen LogP contribution >= 0.6 is 0 Å². The van der Waals surface area contributed by atoms with Crippen LogP contribution in [0.1, 0.15) is 41.7 Å². The molecule has 0 unspecified atom stereocenters. The molecule has 1 aromatic heterocycles. The smallest absolute Gasteiger partial charge is 0.244 e. The summed E-state index contributed by atoms with van der Waals surface area (Å²) < 4.78 is 29.1. The number of hydrogen-bond acceptors (Lipinski definition) is 3. The topological polar surface area (TPSA) is 73.5 Å². The van der Waals surface area contributed by atoms with Gasteiger partial charge in [0.05, 0.1) is 11.4 Å². The zero-order valence-corrected chi connectivity index (χ0v) is 23.7. The van der Waals surface area contributed by atoms with Gasteiger partial charge in [-0.2, -0.15) is 4.31 Å². The molecule has 0 saturated heterocycles. The predicted molar refractivity (Wildman–Crippen MR) is 154 cm³/mol. The minimum Gasteiger partial charge on any atom is -0.361 e. The predicted octanol–water partition coefficient (Wildman–Crippen LogP) is 5.76. The number of hydrogen-bond donors (Lipinski definition) is 1. The van der Waals surface area contributed by atoms with Crippen molar-refractivity contribution in [2.24, 2.45) is 0 Å². The third kappa shape index (κ3) is 6.00. The summed E-state index contributed by atoms with van der Waals surface area (Å²) in [6.07, 6.45) is 2.65. The lowest BCUT2D eigenvalue weighted by atomic mass is 10.1. The summed E-state index contributed by atoms with van der Waals surface area (Å²) in [5.41, 5.74) is 5.60. The molecular weight excluding hydrogens is 494 g/mol. The molecule has 200 valence electrons. The van der Waals surface area contributed by atoms with Gasteiger partial charge in [0.1, 0.15) is 0 Å². The fraction of sp³-hybridized carbons (Fsp3) is 0.323. The second-order valence-electron chi connectivity index (χ2n) is 10.3. The number of sulfonamides is 1. The van der Waals surface area contributed by atoms with E-state index in [9.17, 15) is 13.2 Å². The number of aromatic amines is 1. The van der Waals surface area contributed by atoms with Crippen molar-refractivity contribution < 1.29 is 13.2 Å². The van der Waals surface area contributed by atoms with E-state index in [1.807, 2.05) is 101 Å². The van der Waals surface area contributed by atoms with Crippen LogP contribution in [0.2, 0.25) is 0 Å². The Morgan fingerprint density at radius 2 is 1.55 bits per heavy atom. The van der Waals surface area contributed by atoms with Gasteiger partial charge in [-0.15, -0.1) is 0 Å². The van der Waals surface area contributed by atoms with Crippen LogP contribution in [0.15, 0.2) is 77.8 Å². The van der Waals surface area contributed by atoms with Crippen LogP contribution in [-0.4, -0.2) is 47.6 Å². The van der Waals surface area contributed by atoms with Crippen molar-refractivity contribution in [1.82, 2.24) is 14.2 Å². The zero-order chi connectivity index (χ0) is 27.4. The summed E-state index contributed by atoms with van der Waals surface area (Å²) in [5.74, 6) is -0.214. The number of aromatic nitrogens is 1. The summed E-state index contributed by atoms with van der Waals surface area (Å²) in [6, 6.07) is 21.3.